The number of nitrogens with zero attached hydrogens (tertiary/aromatic N) is 1. The topological polar surface area (TPSA) is 140 Å². The lowest BCUT2D eigenvalue weighted by Gasteiger charge is -2.31. The molecule has 0 aromatic heterocycles. The van der Waals surface area contributed by atoms with Crippen molar-refractivity contribution in [3.8, 4) is 11.5 Å². The maximum atomic E-state index is 13.5. The van der Waals surface area contributed by atoms with E-state index in [2.05, 4.69) is 16.0 Å². The number of nitrogens with one attached hydrogen (secondary N) is 3. The van der Waals surface area contributed by atoms with Crippen LogP contribution in [0.15, 0.2) is 42.5 Å². The molecule has 1 aliphatic heterocycles. The minimum Gasteiger partial charge on any atom is -0.504 e. The zero-order valence-corrected chi connectivity index (χ0v) is 23.6. The maximum Gasteiger partial charge on any atom is 0.243 e. The molecule has 3 amide bonds. The van der Waals surface area contributed by atoms with Gasteiger partial charge >= 0.3 is 0 Å². The summed E-state index contributed by atoms with van der Waals surface area (Å²) in [5.41, 5.74) is 1.01. The van der Waals surface area contributed by atoms with Crippen LogP contribution in [0.25, 0.3) is 0 Å². The molecule has 2 aliphatic rings. The van der Waals surface area contributed by atoms with E-state index in [0.29, 0.717) is 17.7 Å². The Balaban J connectivity index is 1.61. The summed E-state index contributed by atoms with van der Waals surface area (Å²) >= 11 is 0. The number of ether oxygens (including phenoxy) is 1. The number of likely N-dealkylation sites (N-methyl/N-ethyl adjacent to an activating group) is 1. The average Bonchev–Trinajstić information content (AvgIpc) is 3.78. The van der Waals surface area contributed by atoms with Crippen LogP contribution in [0.2, 0.25) is 0 Å². The van der Waals surface area contributed by atoms with E-state index in [1.54, 1.807) is 45.2 Å². The largest absolute Gasteiger partial charge is 0.504 e. The van der Waals surface area contributed by atoms with Gasteiger partial charge in [0, 0.05) is 32.1 Å². The molecule has 41 heavy (non-hydrogen) atoms. The number of rotatable bonds is 3. The molecule has 0 saturated heterocycles. The van der Waals surface area contributed by atoms with Crippen molar-refractivity contribution < 1.29 is 33.7 Å². The summed E-state index contributed by atoms with van der Waals surface area (Å²) in [7, 11) is 1.56. The first-order valence-corrected chi connectivity index (χ1v) is 14.0. The van der Waals surface area contributed by atoms with E-state index >= 15 is 0 Å². The summed E-state index contributed by atoms with van der Waals surface area (Å²) in [4.78, 5) is 41.4. The van der Waals surface area contributed by atoms with E-state index in [1.165, 1.54) is 23.1 Å². The molecule has 0 bridgehead atoms. The lowest BCUT2D eigenvalue weighted by Crippen LogP contribution is -2.57. The predicted molar refractivity (Wildman–Crippen MR) is 150 cm³/mol. The molecule has 11 heteroatoms. The molecule has 5 N–H and O–H groups in total. The number of halogens is 1. The van der Waals surface area contributed by atoms with Crippen molar-refractivity contribution in [2.75, 3.05) is 20.1 Å². The molecule has 1 heterocycles. The van der Waals surface area contributed by atoms with Crippen LogP contribution in [-0.4, -0.2) is 77.2 Å². The molecule has 10 nitrogen and oxygen atoms in total. The fraction of sp³-hybridized carbons (Fsp3) is 0.500. The van der Waals surface area contributed by atoms with Crippen molar-refractivity contribution in [3.05, 3.63) is 59.4 Å². The highest BCUT2D eigenvalue weighted by Crippen LogP contribution is 2.36. The number of hydrogen-bond donors (Lipinski definition) is 5. The van der Waals surface area contributed by atoms with Crippen molar-refractivity contribution >= 4 is 17.7 Å². The first-order valence-electron chi connectivity index (χ1n) is 14.0. The van der Waals surface area contributed by atoms with Gasteiger partial charge < -0.3 is 35.8 Å². The molecule has 5 atom stereocenters. The number of benzene rings is 2. The number of carbonyl (C=O) groups is 3. The molecule has 1 unspecified atom stereocenters. The fourth-order valence-corrected chi connectivity index (χ4v) is 4.91. The van der Waals surface area contributed by atoms with E-state index < -0.39 is 48.0 Å². The Morgan fingerprint density at radius 2 is 1.73 bits per heavy atom. The Hall–Kier alpha value is -3.70. The number of aliphatic hydroxyl groups excluding tert-OH is 1. The van der Waals surface area contributed by atoms with Gasteiger partial charge in [0.2, 0.25) is 17.7 Å². The maximum absolute atomic E-state index is 13.5. The van der Waals surface area contributed by atoms with Gasteiger partial charge in [-0.25, -0.2) is 4.39 Å². The van der Waals surface area contributed by atoms with Crippen molar-refractivity contribution in [3.63, 3.8) is 0 Å². The summed E-state index contributed by atoms with van der Waals surface area (Å²) < 4.78 is 19.5. The highest BCUT2D eigenvalue weighted by molar-refractivity contribution is 5.93. The molecule has 2 aromatic carbocycles. The number of fused-ring (bicyclic) bond motifs is 1. The van der Waals surface area contributed by atoms with Gasteiger partial charge in [-0.15, -0.1) is 0 Å². The summed E-state index contributed by atoms with van der Waals surface area (Å²) in [6.07, 6.45) is 0.453. The Morgan fingerprint density at radius 1 is 1.02 bits per heavy atom. The number of aliphatic hydroxyl groups is 1. The van der Waals surface area contributed by atoms with Gasteiger partial charge in [-0.1, -0.05) is 24.3 Å². The number of carbonyl (C=O) groups excluding carboxylic acids is 3. The second-order valence-electron chi connectivity index (χ2n) is 11.0. The SMILES string of the molecule is C[C@@H]1CN[C@@H](C2CC2)C(=O)N(C)[C@H](C)C(=O)N[C@H](Cc2ccc(F)cc2)C(=O)NCCC(O)c2cccc(O)c2O1. The van der Waals surface area contributed by atoms with Gasteiger partial charge in [-0.3, -0.25) is 14.4 Å². The summed E-state index contributed by atoms with van der Waals surface area (Å²) in [6.45, 7) is 3.76. The average molecular weight is 571 g/mol. The molecule has 4 rings (SSSR count). The van der Waals surface area contributed by atoms with Crippen molar-refractivity contribution in [2.24, 2.45) is 5.92 Å². The molecule has 0 spiro atoms. The van der Waals surface area contributed by atoms with Crippen molar-refractivity contribution in [1.82, 2.24) is 20.9 Å². The number of aromatic hydroxyl groups is 1. The van der Waals surface area contributed by atoms with Gasteiger partial charge in [-0.05, 0) is 62.8 Å². The molecule has 1 fully saturated rings. The van der Waals surface area contributed by atoms with Gasteiger partial charge in [0.15, 0.2) is 11.5 Å². The standard InChI is InChI=1S/C30H39FN4O6/c1-17-16-33-26(20-9-10-20)30(40)35(3)18(2)28(38)34-23(15-19-7-11-21(31)12-8-19)29(39)32-14-13-24(36)22-5-4-6-25(37)27(22)41-17/h4-8,11-12,17-18,20,23-24,26,33,36-37H,9-10,13-16H2,1-3H3,(H,32,39)(H,34,38)/t17-,18-,23-,24?,26+/m1/s1. The smallest absolute Gasteiger partial charge is 0.243 e. The Morgan fingerprint density at radius 3 is 2.41 bits per heavy atom. The predicted octanol–water partition coefficient (Wildman–Crippen LogP) is 1.79. The van der Waals surface area contributed by atoms with E-state index in [4.69, 9.17) is 4.74 Å². The summed E-state index contributed by atoms with van der Waals surface area (Å²) in [6, 6.07) is 7.94. The Kier molecular flexibility index (Phi) is 9.82. The number of hydrogen-bond acceptors (Lipinski definition) is 7. The molecule has 0 radical (unpaired) electrons. The quantitative estimate of drug-likeness (QED) is 0.379. The van der Waals surface area contributed by atoms with Crippen LogP contribution in [0.3, 0.4) is 0 Å². The number of amides is 3. The molecule has 2 aromatic rings. The number of phenolic OH excluding ortho intramolecular Hbond substituents is 1. The first kappa shape index (κ1) is 30.3. The highest BCUT2D eigenvalue weighted by atomic mass is 19.1. The molecule has 222 valence electrons. The monoisotopic (exact) mass is 570 g/mol. The molecule has 1 aliphatic carbocycles. The minimum absolute atomic E-state index is 0.0685. The summed E-state index contributed by atoms with van der Waals surface area (Å²) in [5.74, 6) is -1.52. The normalized spacial score (nSPS) is 27.1. The van der Waals surface area contributed by atoms with Gasteiger partial charge in [0.05, 0.1) is 12.1 Å². The second kappa shape index (κ2) is 13.3. The molecule has 1 saturated carbocycles. The van der Waals surface area contributed by atoms with Crippen LogP contribution in [0.5, 0.6) is 11.5 Å². The van der Waals surface area contributed by atoms with Crippen molar-refractivity contribution in [2.45, 2.75) is 69.9 Å². The van der Waals surface area contributed by atoms with Crippen LogP contribution in [0.1, 0.15) is 50.3 Å². The van der Waals surface area contributed by atoms with Gasteiger partial charge in [0.1, 0.15) is 24.0 Å². The first-order chi connectivity index (χ1) is 19.5. The van der Waals surface area contributed by atoms with Crippen LogP contribution in [0, 0.1) is 11.7 Å². The Bertz CT molecular complexity index is 1240. The minimum atomic E-state index is -1.06. The summed E-state index contributed by atoms with van der Waals surface area (Å²) in [5, 5.41) is 30.2. The Labute approximate surface area is 239 Å². The van der Waals surface area contributed by atoms with Crippen molar-refractivity contribution in [1.29, 1.82) is 0 Å². The third kappa shape index (κ3) is 7.74. The number of para-hydroxylation sites is 1. The number of phenols is 1. The van der Waals surface area contributed by atoms with Crippen LogP contribution in [0.4, 0.5) is 4.39 Å². The molecular formula is C30H39FN4O6. The van der Waals surface area contributed by atoms with Gasteiger partial charge in [0.25, 0.3) is 0 Å². The third-order valence-corrected chi connectivity index (χ3v) is 7.70. The highest BCUT2D eigenvalue weighted by Gasteiger charge is 2.39. The van der Waals surface area contributed by atoms with Crippen LogP contribution >= 0.6 is 0 Å². The fourth-order valence-electron chi connectivity index (χ4n) is 4.91. The van der Waals surface area contributed by atoms with Crippen LogP contribution < -0.4 is 20.7 Å². The third-order valence-electron chi connectivity index (χ3n) is 7.70. The molecular weight excluding hydrogens is 531 g/mol. The van der Waals surface area contributed by atoms with E-state index in [1.807, 2.05) is 0 Å². The van der Waals surface area contributed by atoms with E-state index in [0.717, 1.165) is 12.8 Å². The van der Waals surface area contributed by atoms with E-state index in [9.17, 15) is 29.0 Å². The zero-order valence-electron chi connectivity index (χ0n) is 23.6. The lowest BCUT2D eigenvalue weighted by atomic mass is 10.0. The van der Waals surface area contributed by atoms with Gasteiger partial charge in [-0.2, -0.15) is 0 Å². The lowest BCUT2D eigenvalue weighted by molar-refractivity contribution is -0.141. The van der Waals surface area contributed by atoms with E-state index in [-0.39, 0.29) is 42.7 Å². The zero-order chi connectivity index (χ0) is 29.7. The van der Waals surface area contributed by atoms with Crippen LogP contribution in [-0.2, 0) is 20.8 Å². The second-order valence-corrected chi connectivity index (χ2v) is 11.0.